The summed E-state index contributed by atoms with van der Waals surface area (Å²) < 4.78 is 6.92. The molecule has 1 aliphatic rings. The Morgan fingerprint density at radius 2 is 2.15 bits per heavy atom. The van der Waals surface area contributed by atoms with Crippen LogP contribution in [0.3, 0.4) is 0 Å². The third-order valence-corrected chi connectivity index (χ3v) is 3.52. The zero-order valence-corrected chi connectivity index (χ0v) is 11.0. The van der Waals surface area contributed by atoms with Crippen LogP contribution in [0.25, 0.3) is 11.5 Å². The quantitative estimate of drug-likeness (QED) is 0.887. The second-order valence-electron chi connectivity index (χ2n) is 4.84. The molecule has 7 nitrogen and oxygen atoms in total. The third kappa shape index (κ3) is 2.44. The largest absolute Gasteiger partial charge is 0.476 e. The van der Waals surface area contributed by atoms with E-state index in [1.165, 1.54) is 19.1 Å². The maximum absolute atomic E-state index is 11.2. The van der Waals surface area contributed by atoms with Gasteiger partial charge in [-0.25, -0.2) is 9.48 Å². The number of hydrogen-bond donors (Lipinski definition) is 1. The number of rotatable bonds is 5. The van der Waals surface area contributed by atoms with Gasteiger partial charge in [0.2, 0.25) is 5.69 Å². The molecule has 3 heterocycles. The highest BCUT2D eigenvalue weighted by atomic mass is 16.4. The van der Waals surface area contributed by atoms with Crippen molar-refractivity contribution in [3.63, 3.8) is 0 Å². The Hall–Kier alpha value is -2.15. The summed E-state index contributed by atoms with van der Waals surface area (Å²) in [4.78, 5) is 13.6. The molecule has 1 N–H and O–H groups in total. The van der Waals surface area contributed by atoms with Crippen molar-refractivity contribution in [1.82, 2.24) is 19.9 Å². The highest BCUT2D eigenvalue weighted by Crippen LogP contribution is 2.23. The Kier molecular flexibility index (Phi) is 3.51. The van der Waals surface area contributed by atoms with Crippen LogP contribution in [-0.4, -0.2) is 50.6 Å². The summed E-state index contributed by atoms with van der Waals surface area (Å²) in [5.41, 5.74) is 0.364. The zero-order valence-electron chi connectivity index (χ0n) is 11.0. The van der Waals surface area contributed by atoms with Crippen LogP contribution >= 0.6 is 0 Å². The van der Waals surface area contributed by atoms with Gasteiger partial charge in [-0.3, -0.25) is 0 Å². The van der Waals surface area contributed by atoms with Gasteiger partial charge in [0, 0.05) is 6.54 Å². The van der Waals surface area contributed by atoms with Gasteiger partial charge in [-0.1, -0.05) is 5.21 Å². The third-order valence-electron chi connectivity index (χ3n) is 3.52. The molecule has 2 aromatic heterocycles. The number of likely N-dealkylation sites (tertiary alicyclic amines) is 1. The van der Waals surface area contributed by atoms with Crippen molar-refractivity contribution < 1.29 is 14.3 Å². The van der Waals surface area contributed by atoms with Crippen LogP contribution in [0.1, 0.15) is 23.3 Å². The minimum Gasteiger partial charge on any atom is -0.476 e. The highest BCUT2D eigenvalue weighted by Gasteiger charge is 2.23. The SMILES string of the molecule is O=C(O)c1nnn(CCN2CCCC2)c1-c1ccco1. The van der Waals surface area contributed by atoms with Gasteiger partial charge in [-0.15, -0.1) is 5.10 Å². The molecule has 0 amide bonds. The minimum atomic E-state index is -1.09. The number of carboxylic acid groups (broad SMARTS) is 1. The average molecular weight is 276 g/mol. The summed E-state index contributed by atoms with van der Waals surface area (Å²) in [6.45, 7) is 3.64. The molecule has 0 bridgehead atoms. The van der Waals surface area contributed by atoms with Crippen molar-refractivity contribution in [1.29, 1.82) is 0 Å². The molecule has 1 fully saturated rings. The molecule has 1 saturated heterocycles. The van der Waals surface area contributed by atoms with Crippen molar-refractivity contribution in [3.05, 3.63) is 24.1 Å². The molecule has 0 spiro atoms. The van der Waals surface area contributed by atoms with Gasteiger partial charge in [-0.05, 0) is 38.1 Å². The lowest BCUT2D eigenvalue weighted by atomic mass is 10.2. The molecule has 0 radical (unpaired) electrons. The monoisotopic (exact) mass is 276 g/mol. The van der Waals surface area contributed by atoms with Gasteiger partial charge in [0.25, 0.3) is 0 Å². The lowest BCUT2D eigenvalue weighted by Gasteiger charge is -2.14. The topological polar surface area (TPSA) is 84.4 Å². The molecular weight excluding hydrogens is 260 g/mol. The van der Waals surface area contributed by atoms with Crippen LogP contribution in [0.15, 0.2) is 22.8 Å². The maximum atomic E-state index is 11.2. The predicted molar refractivity (Wildman–Crippen MR) is 70.4 cm³/mol. The van der Waals surface area contributed by atoms with Crippen LogP contribution in [0, 0.1) is 0 Å². The molecule has 3 rings (SSSR count). The molecule has 0 unspecified atom stereocenters. The van der Waals surface area contributed by atoms with Gasteiger partial charge in [0.15, 0.2) is 5.76 Å². The second-order valence-corrected chi connectivity index (χ2v) is 4.84. The summed E-state index contributed by atoms with van der Waals surface area (Å²) in [5, 5.41) is 16.9. The first-order valence-corrected chi connectivity index (χ1v) is 6.69. The number of aromatic nitrogens is 3. The van der Waals surface area contributed by atoms with Gasteiger partial charge < -0.3 is 14.4 Å². The molecule has 0 atom stereocenters. The highest BCUT2D eigenvalue weighted by molar-refractivity contribution is 5.91. The molecule has 7 heteroatoms. The number of furan rings is 1. The number of hydrogen-bond acceptors (Lipinski definition) is 5. The Balaban J connectivity index is 1.84. The van der Waals surface area contributed by atoms with Gasteiger partial charge in [0.1, 0.15) is 5.69 Å². The molecule has 2 aromatic rings. The Morgan fingerprint density at radius 1 is 1.35 bits per heavy atom. The van der Waals surface area contributed by atoms with Crippen LogP contribution < -0.4 is 0 Å². The first-order valence-electron chi connectivity index (χ1n) is 6.69. The molecule has 20 heavy (non-hydrogen) atoms. The van der Waals surface area contributed by atoms with Gasteiger partial charge in [-0.2, -0.15) is 0 Å². The Morgan fingerprint density at radius 3 is 2.80 bits per heavy atom. The molecular formula is C13H16N4O3. The minimum absolute atomic E-state index is 0.0682. The van der Waals surface area contributed by atoms with E-state index in [-0.39, 0.29) is 5.69 Å². The fourth-order valence-corrected chi connectivity index (χ4v) is 2.51. The summed E-state index contributed by atoms with van der Waals surface area (Å²) in [5.74, 6) is -0.613. The molecule has 0 aliphatic carbocycles. The van der Waals surface area contributed by atoms with E-state index in [2.05, 4.69) is 15.2 Å². The van der Waals surface area contributed by atoms with E-state index in [0.29, 0.717) is 18.0 Å². The van der Waals surface area contributed by atoms with Crippen molar-refractivity contribution in [2.75, 3.05) is 19.6 Å². The van der Waals surface area contributed by atoms with Crippen LogP contribution in [0.5, 0.6) is 0 Å². The van der Waals surface area contributed by atoms with Gasteiger partial charge >= 0.3 is 5.97 Å². The van der Waals surface area contributed by atoms with E-state index in [4.69, 9.17) is 4.42 Å². The molecule has 0 aromatic carbocycles. The van der Waals surface area contributed by atoms with Crippen LogP contribution in [-0.2, 0) is 6.54 Å². The summed E-state index contributed by atoms with van der Waals surface area (Å²) in [6, 6.07) is 3.44. The normalized spacial score (nSPS) is 15.8. The van der Waals surface area contributed by atoms with Crippen molar-refractivity contribution in [2.24, 2.45) is 0 Å². The fourth-order valence-electron chi connectivity index (χ4n) is 2.51. The molecule has 106 valence electrons. The first kappa shape index (κ1) is 12.9. The van der Waals surface area contributed by atoms with E-state index in [9.17, 15) is 9.90 Å². The molecule has 0 saturated carbocycles. The predicted octanol–water partition coefficient (Wildman–Crippen LogP) is 1.33. The lowest BCUT2D eigenvalue weighted by molar-refractivity contribution is 0.0691. The Labute approximate surface area is 115 Å². The fraction of sp³-hybridized carbons (Fsp3) is 0.462. The smallest absolute Gasteiger partial charge is 0.358 e. The lowest BCUT2D eigenvalue weighted by Crippen LogP contribution is -2.24. The second kappa shape index (κ2) is 5.46. The van der Waals surface area contributed by atoms with E-state index < -0.39 is 5.97 Å². The van der Waals surface area contributed by atoms with Crippen LogP contribution in [0.2, 0.25) is 0 Å². The summed E-state index contributed by atoms with van der Waals surface area (Å²) >= 11 is 0. The van der Waals surface area contributed by atoms with E-state index in [1.807, 2.05) is 0 Å². The van der Waals surface area contributed by atoms with Gasteiger partial charge in [0.05, 0.1) is 12.8 Å². The van der Waals surface area contributed by atoms with Crippen molar-refractivity contribution in [2.45, 2.75) is 19.4 Å². The average Bonchev–Trinajstić information content (AvgIpc) is 3.17. The number of carboxylic acids is 1. The summed E-state index contributed by atoms with van der Waals surface area (Å²) in [6.07, 6.45) is 3.96. The molecule has 1 aliphatic heterocycles. The summed E-state index contributed by atoms with van der Waals surface area (Å²) in [7, 11) is 0. The zero-order chi connectivity index (χ0) is 13.9. The standard InChI is InChI=1S/C13H16N4O3/c18-13(19)11-12(10-4-3-9-20-10)17(15-14-11)8-7-16-5-1-2-6-16/h3-4,9H,1-2,5-8H2,(H,18,19). The maximum Gasteiger partial charge on any atom is 0.358 e. The number of carbonyl (C=O) groups is 1. The number of nitrogens with zero attached hydrogens (tertiary/aromatic N) is 4. The van der Waals surface area contributed by atoms with E-state index in [0.717, 1.165) is 19.6 Å². The van der Waals surface area contributed by atoms with E-state index in [1.54, 1.807) is 16.8 Å². The number of aromatic carboxylic acids is 1. The van der Waals surface area contributed by atoms with Crippen molar-refractivity contribution >= 4 is 5.97 Å². The van der Waals surface area contributed by atoms with E-state index >= 15 is 0 Å². The van der Waals surface area contributed by atoms with Crippen LogP contribution in [0.4, 0.5) is 0 Å². The van der Waals surface area contributed by atoms with Crippen molar-refractivity contribution in [3.8, 4) is 11.5 Å². The first-order chi connectivity index (χ1) is 9.75. The Bertz CT molecular complexity index is 585.